The number of carbonyl (C=O) groups excluding carboxylic acids is 2. The first-order valence-corrected chi connectivity index (χ1v) is 10.8. The normalized spacial score (nSPS) is 30.2. The summed E-state index contributed by atoms with van der Waals surface area (Å²) in [4.78, 5) is 26.5. The summed E-state index contributed by atoms with van der Waals surface area (Å²) in [6.07, 6.45) is 0. The Hall–Kier alpha value is -2.82. The van der Waals surface area contributed by atoms with E-state index in [2.05, 4.69) is 0 Å². The monoisotopic (exact) mass is 449 g/mol. The fourth-order valence-corrected chi connectivity index (χ4v) is 6.89. The average Bonchev–Trinajstić information content (AvgIpc) is 3.04. The van der Waals surface area contributed by atoms with Crippen LogP contribution < -0.4 is 4.90 Å². The second-order valence-corrected chi connectivity index (χ2v) is 9.65. The van der Waals surface area contributed by atoms with Crippen molar-refractivity contribution in [1.29, 1.82) is 0 Å². The van der Waals surface area contributed by atoms with Gasteiger partial charge in [0.05, 0.1) is 17.5 Å². The third kappa shape index (κ3) is 2.03. The zero-order valence-electron chi connectivity index (χ0n) is 16.5. The maximum absolute atomic E-state index is 13.8. The second-order valence-electron chi connectivity index (χ2n) is 8.45. The average molecular weight is 450 g/mol. The van der Waals surface area contributed by atoms with E-state index in [1.807, 2.05) is 48.5 Å². The highest BCUT2D eigenvalue weighted by Crippen LogP contribution is 2.69. The Morgan fingerprint density at radius 1 is 0.774 bits per heavy atom. The Morgan fingerprint density at radius 2 is 1.19 bits per heavy atom. The van der Waals surface area contributed by atoms with E-state index in [-0.39, 0.29) is 17.6 Å². The zero-order valence-corrected chi connectivity index (χ0v) is 18.0. The van der Waals surface area contributed by atoms with Crippen LogP contribution in [0.25, 0.3) is 0 Å². The van der Waals surface area contributed by atoms with E-state index in [1.54, 1.807) is 13.0 Å². The molecule has 6 heteroatoms. The van der Waals surface area contributed by atoms with E-state index in [4.69, 9.17) is 23.2 Å². The lowest BCUT2D eigenvalue weighted by Gasteiger charge is -2.54. The van der Waals surface area contributed by atoms with Crippen LogP contribution in [0.5, 0.6) is 5.75 Å². The zero-order chi connectivity index (χ0) is 21.7. The third-order valence-corrected chi connectivity index (χ3v) is 8.29. The molecule has 7 rings (SSSR count). The number of benzene rings is 3. The van der Waals surface area contributed by atoms with Gasteiger partial charge in [0.1, 0.15) is 15.5 Å². The van der Waals surface area contributed by atoms with Gasteiger partial charge in [0, 0.05) is 0 Å². The summed E-state index contributed by atoms with van der Waals surface area (Å²) >= 11 is 14.8. The highest BCUT2D eigenvalue weighted by atomic mass is 35.5. The quantitative estimate of drug-likeness (QED) is 0.428. The Kier molecular flexibility index (Phi) is 3.60. The van der Waals surface area contributed by atoms with Crippen molar-refractivity contribution in [3.8, 4) is 5.75 Å². The van der Waals surface area contributed by atoms with Gasteiger partial charge in [0.2, 0.25) is 11.8 Å². The van der Waals surface area contributed by atoms with Gasteiger partial charge in [0.15, 0.2) is 0 Å². The van der Waals surface area contributed by atoms with Crippen molar-refractivity contribution < 1.29 is 14.7 Å². The summed E-state index contributed by atoms with van der Waals surface area (Å²) in [6.45, 7) is 1.75. The van der Waals surface area contributed by atoms with Crippen LogP contribution in [0.2, 0.25) is 0 Å². The van der Waals surface area contributed by atoms with Crippen molar-refractivity contribution in [1.82, 2.24) is 0 Å². The van der Waals surface area contributed by atoms with Gasteiger partial charge < -0.3 is 5.11 Å². The molecule has 0 aromatic heterocycles. The van der Waals surface area contributed by atoms with Crippen LogP contribution >= 0.6 is 23.2 Å². The molecule has 1 aliphatic heterocycles. The topological polar surface area (TPSA) is 57.6 Å². The number of hydrogen-bond acceptors (Lipinski definition) is 3. The smallest absolute Gasteiger partial charge is 0.240 e. The van der Waals surface area contributed by atoms with Gasteiger partial charge in [-0.3, -0.25) is 9.59 Å². The molecule has 3 aliphatic carbocycles. The maximum atomic E-state index is 13.8. The fourth-order valence-electron chi connectivity index (χ4n) is 5.80. The van der Waals surface area contributed by atoms with Crippen LogP contribution in [0.1, 0.15) is 27.8 Å². The van der Waals surface area contributed by atoms with Gasteiger partial charge >= 0.3 is 0 Å². The van der Waals surface area contributed by atoms with Crippen molar-refractivity contribution in [3.05, 3.63) is 94.5 Å². The molecule has 1 N–H and O–H groups in total. The molecule has 154 valence electrons. The molecule has 4 aliphatic rings. The van der Waals surface area contributed by atoms with Gasteiger partial charge in [-0.15, -0.1) is 23.2 Å². The summed E-state index contributed by atoms with van der Waals surface area (Å²) in [6, 6.07) is 19.7. The minimum atomic E-state index is -1.19. The molecule has 0 unspecified atom stereocenters. The number of alkyl halides is 2. The van der Waals surface area contributed by atoms with Gasteiger partial charge in [-0.2, -0.15) is 0 Å². The van der Waals surface area contributed by atoms with E-state index < -0.39 is 21.6 Å². The lowest BCUT2D eigenvalue weighted by molar-refractivity contribution is -0.122. The molecular weight excluding hydrogens is 433 g/mol. The molecule has 0 radical (unpaired) electrons. The lowest BCUT2D eigenvalue weighted by atomic mass is 9.54. The van der Waals surface area contributed by atoms with Crippen LogP contribution in [0.4, 0.5) is 5.69 Å². The number of rotatable bonds is 1. The van der Waals surface area contributed by atoms with E-state index in [9.17, 15) is 14.7 Å². The maximum Gasteiger partial charge on any atom is 0.240 e. The second kappa shape index (κ2) is 5.90. The summed E-state index contributed by atoms with van der Waals surface area (Å²) in [5.41, 5.74) is 4.16. The first-order chi connectivity index (χ1) is 14.8. The lowest BCUT2D eigenvalue weighted by Crippen LogP contribution is -2.57. The highest BCUT2D eigenvalue weighted by Gasteiger charge is 2.73. The molecule has 0 saturated carbocycles. The number of nitrogens with zero attached hydrogens (tertiary/aromatic N) is 1. The molecular formula is C25H17Cl2NO3. The number of imide groups is 1. The molecule has 2 bridgehead atoms. The summed E-state index contributed by atoms with van der Waals surface area (Å²) in [5.74, 6) is -2.34. The molecule has 3 aromatic carbocycles. The molecule has 1 saturated heterocycles. The number of halogens is 2. The minimum Gasteiger partial charge on any atom is -0.508 e. The van der Waals surface area contributed by atoms with Crippen LogP contribution in [-0.4, -0.2) is 16.9 Å². The number of anilines is 1. The van der Waals surface area contributed by atoms with Crippen molar-refractivity contribution >= 4 is 40.7 Å². The molecule has 4 nitrogen and oxygen atoms in total. The largest absolute Gasteiger partial charge is 0.508 e. The van der Waals surface area contributed by atoms with Gasteiger partial charge in [-0.1, -0.05) is 48.5 Å². The number of aryl methyl sites for hydroxylation is 1. The van der Waals surface area contributed by atoms with Gasteiger partial charge in [-0.05, 0) is 52.9 Å². The number of phenolic OH excluding ortho intramolecular Hbond substituents is 1. The Morgan fingerprint density at radius 3 is 1.58 bits per heavy atom. The van der Waals surface area contributed by atoms with E-state index >= 15 is 0 Å². The van der Waals surface area contributed by atoms with Crippen LogP contribution in [0.3, 0.4) is 0 Å². The summed E-state index contributed by atoms with van der Waals surface area (Å²) in [5, 5.41) is 9.80. The Bertz CT molecular complexity index is 1200. The number of phenols is 1. The van der Waals surface area contributed by atoms with Crippen molar-refractivity contribution in [2.75, 3.05) is 4.90 Å². The Balaban J connectivity index is 1.66. The number of aromatic hydroxyl groups is 1. The first-order valence-electron chi connectivity index (χ1n) is 10.1. The minimum absolute atomic E-state index is 0.0697. The predicted octanol–water partition coefficient (Wildman–Crippen LogP) is 4.80. The molecule has 1 fully saturated rings. The van der Waals surface area contributed by atoms with E-state index in [0.717, 1.165) is 22.3 Å². The standard InChI is InChI=1S/C25H17Cl2NO3/c1-13-12-14(29)10-11-19(13)28-22(30)20-21(23(28)31)25(27)16-7-3-2-6-15(16)24(20,26)17-8-4-5-9-18(17)25/h2-12,20-21,29H,1H3/t20-,21-,24?,25?/m0/s1. The third-order valence-electron chi connectivity index (χ3n) is 7.01. The first kappa shape index (κ1) is 18.9. The van der Waals surface area contributed by atoms with Crippen LogP contribution in [0, 0.1) is 18.8 Å². The number of amides is 2. The molecule has 31 heavy (non-hydrogen) atoms. The van der Waals surface area contributed by atoms with E-state index in [0.29, 0.717) is 11.3 Å². The predicted molar refractivity (Wildman–Crippen MR) is 118 cm³/mol. The highest BCUT2D eigenvalue weighted by molar-refractivity contribution is 6.38. The number of carbonyl (C=O) groups is 2. The molecule has 3 aromatic rings. The van der Waals surface area contributed by atoms with Gasteiger partial charge in [0.25, 0.3) is 0 Å². The fraction of sp³-hybridized carbons (Fsp3) is 0.200. The molecule has 1 heterocycles. The van der Waals surface area contributed by atoms with E-state index in [1.165, 1.54) is 17.0 Å². The van der Waals surface area contributed by atoms with Crippen molar-refractivity contribution in [2.45, 2.75) is 16.7 Å². The van der Waals surface area contributed by atoms with Crippen LogP contribution in [-0.2, 0) is 19.3 Å². The summed E-state index contributed by atoms with van der Waals surface area (Å²) in [7, 11) is 0. The molecule has 0 spiro atoms. The molecule has 2 atom stereocenters. The van der Waals surface area contributed by atoms with Crippen molar-refractivity contribution in [2.24, 2.45) is 11.8 Å². The van der Waals surface area contributed by atoms with Crippen molar-refractivity contribution in [3.63, 3.8) is 0 Å². The Labute approximate surface area is 189 Å². The summed E-state index contributed by atoms with van der Waals surface area (Å²) < 4.78 is 0. The number of hydrogen-bond donors (Lipinski definition) is 1. The SMILES string of the molecule is Cc1cc(O)ccc1N1C(=O)[C@@H]2[C@@H](C1=O)C1(Cl)c3ccccc3C2(Cl)c2ccccc21. The van der Waals surface area contributed by atoms with Gasteiger partial charge in [-0.25, -0.2) is 4.90 Å². The molecule has 2 amide bonds. The van der Waals surface area contributed by atoms with Crippen LogP contribution in [0.15, 0.2) is 66.7 Å².